The van der Waals surface area contributed by atoms with Crippen molar-refractivity contribution >= 4 is 42.6 Å². The molecule has 7 nitrogen and oxygen atoms in total. The zero-order valence-electron chi connectivity index (χ0n) is 21.2. The van der Waals surface area contributed by atoms with Crippen molar-refractivity contribution in [2.75, 3.05) is 24.6 Å². The van der Waals surface area contributed by atoms with Gasteiger partial charge in [-0.1, -0.05) is 41.7 Å². The summed E-state index contributed by atoms with van der Waals surface area (Å²) in [5.74, 6) is -1.84. The number of aromatic nitrogens is 1. The minimum Gasteiger partial charge on any atom is -0.494 e. The summed E-state index contributed by atoms with van der Waals surface area (Å²) in [5, 5.41) is 0.552. The van der Waals surface area contributed by atoms with E-state index in [-0.39, 0.29) is 31.8 Å². The molecule has 1 amide bonds. The van der Waals surface area contributed by atoms with Crippen molar-refractivity contribution in [1.82, 2.24) is 9.29 Å². The van der Waals surface area contributed by atoms with Crippen molar-refractivity contribution in [2.24, 2.45) is 5.92 Å². The SMILES string of the molecule is CCOc1ccc2nc(N(Cc3ccccc3)C(=O)C3CCN(S(=O)(=O)c4ccc(F)cc4F)CC3)sc2c1. The predicted molar refractivity (Wildman–Crippen MR) is 146 cm³/mol. The van der Waals surface area contributed by atoms with Gasteiger partial charge in [-0.2, -0.15) is 4.31 Å². The lowest BCUT2D eigenvalue weighted by molar-refractivity contribution is -0.123. The molecule has 204 valence electrons. The number of thiazole rings is 1. The topological polar surface area (TPSA) is 79.8 Å². The number of hydrogen-bond acceptors (Lipinski definition) is 6. The fourth-order valence-corrected chi connectivity index (χ4v) is 7.17. The minimum absolute atomic E-state index is 0.0479. The van der Waals surface area contributed by atoms with E-state index in [0.717, 1.165) is 38.0 Å². The molecule has 11 heteroatoms. The van der Waals surface area contributed by atoms with E-state index in [1.165, 1.54) is 11.3 Å². The summed E-state index contributed by atoms with van der Waals surface area (Å²) in [5.41, 5.74) is 1.69. The lowest BCUT2D eigenvalue weighted by Crippen LogP contribution is -2.44. The van der Waals surface area contributed by atoms with Gasteiger partial charge in [-0.3, -0.25) is 9.69 Å². The monoisotopic (exact) mass is 571 g/mol. The van der Waals surface area contributed by atoms with Gasteiger partial charge >= 0.3 is 0 Å². The number of sulfonamides is 1. The Morgan fingerprint density at radius 1 is 1.08 bits per heavy atom. The normalized spacial score (nSPS) is 14.9. The maximum atomic E-state index is 14.2. The number of piperidine rings is 1. The van der Waals surface area contributed by atoms with Crippen LogP contribution < -0.4 is 9.64 Å². The van der Waals surface area contributed by atoms with Crippen LogP contribution in [-0.2, 0) is 21.4 Å². The Kier molecular flexibility index (Phi) is 7.92. The van der Waals surface area contributed by atoms with Crippen LogP contribution in [0.4, 0.5) is 13.9 Å². The molecule has 0 saturated carbocycles. The molecule has 0 atom stereocenters. The van der Waals surface area contributed by atoms with Gasteiger partial charge in [0.25, 0.3) is 0 Å². The first-order valence-electron chi connectivity index (χ1n) is 12.6. The second-order valence-electron chi connectivity index (χ2n) is 9.22. The number of fused-ring (bicyclic) bond motifs is 1. The summed E-state index contributed by atoms with van der Waals surface area (Å²) in [4.78, 5) is 19.7. The van der Waals surface area contributed by atoms with E-state index in [2.05, 4.69) is 0 Å². The zero-order chi connectivity index (χ0) is 27.6. The van der Waals surface area contributed by atoms with E-state index in [9.17, 15) is 22.0 Å². The van der Waals surface area contributed by atoms with Crippen molar-refractivity contribution in [3.63, 3.8) is 0 Å². The highest BCUT2D eigenvalue weighted by atomic mass is 32.2. The van der Waals surface area contributed by atoms with Gasteiger partial charge < -0.3 is 4.74 Å². The Hall–Kier alpha value is -3.41. The van der Waals surface area contributed by atoms with E-state index in [0.29, 0.717) is 24.3 Å². The Morgan fingerprint density at radius 2 is 1.82 bits per heavy atom. The number of anilines is 1. The highest BCUT2D eigenvalue weighted by Gasteiger charge is 2.36. The van der Waals surface area contributed by atoms with E-state index in [4.69, 9.17) is 9.72 Å². The Labute approximate surface area is 229 Å². The number of nitrogens with zero attached hydrogens (tertiary/aromatic N) is 3. The number of benzene rings is 3. The summed E-state index contributed by atoms with van der Waals surface area (Å²) in [6.45, 7) is 2.86. The van der Waals surface area contributed by atoms with Crippen molar-refractivity contribution in [3.8, 4) is 5.75 Å². The summed E-state index contributed by atoms with van der Waals surface area (Å²) in [6.07, 6.45) is 0.539. The number of rotatable bonds is 8. The van der Waals surface area contributed by atoms with Crippen LogP contribution in [0, 0.1) is 17.6 Å². The second-order valence-corrected chi connectivity index (χ2v) is 12.1. The van der Waals surface area contributed by atoms with Gasteiger partial charge in [-0.15, -0.1) is 0 Å². The van der Waals surface area contributed by atoms with Gasteiger partial charge in [0.2, 0.25) is 15.9 Å². The van der Waals surface area contributed by atoms with Crippen LogP contribution in [0.2, 0.25) is 0 Å². The fourth-order valence-electron chi connectivity index (χ4n) is 4.66. The molecule has 1 aliphatic rings. The second kappa shape index (κ2) is 11.4. The third-order valence-corrected chi connectivity index (χ3v) is 9.63. The minimum atomic E-state index is -4.16. The first-order chi connectivity index (χ1) is 18.8. The molecule has 39 heavy (non-hydrogen) atoms. The first-order valence-corrected chi connectivity index (χ1v) is 14.9. The van der Waals surface area contributed by atoms with Crippen LogP contribution in [0.5, 0.6) is 5.75 Å². The highest BCUT2D eigenvalue weighted by molar-refractivity contribution is 7.89. The predicted octanol–water partition coefficient (Wildman–Crippen LogP) is 5.61. The van der Waals surface area contributed by atoms with Crippen molar-refractivity contribution in [2.45, 2.75) is 31.2 Å². The lowest BCUT2D eigenvalue weighted by Gasteiger charge is -2.33. The molecule has 3 aromatic carbocycles. The van der Waals surface area contributed by atoms with Crippen LogP contribution in [0.1, 0.15) is 25.3 Å². The van der Waals surface area contributed by atoms with Crippen LogP contribution in [0.3, 0.4) is 0 Å². The standard InChI is InChI=1S/C28H27F2N3O4S2/c1-2-37-22-9-10-24-25(17-22)38-28(31-24)33(18-19-6-4-3-5-7-19)27(34)20-12-14-32(15-13-20)39(35,36)26-11-8-21(29)16-23(26)30/h3-11,16-17,20H,2,12-15,18H2,1H3. The molecular weight excluding hydrogens is 544 g/mol. The number of carbonyl (C=O) groups excluding carboxylic acids is 1. The molecule has 1 fully saturated rings. The smallest absolute Gasteiger partial charge is 0.245 e. The van der Waals surface area contributed by atoms with Crippen molar-refractivity contribution in [1.29, 1.82) is 0 Å². The van der Waals surface area contributed by atoms with Crippen LogP contribution in [0.15, 0.2) is 71.6 Å². The maximum Gasteiger partial charge on any atom is 0.245 e. The summed E-state index contributed by atoms with van der Waals surface area (Å²) in [7, 11) is -4.16. The Bertz CT molecular complexity index is 1590. The summed E-state index contributed by atoms with van der Waals surface area (Å²) in [6, 6.07) is 17.6. The molecule has 1 saturated heterocycles. The number of ether oxygens (including phenoxy) is 1. The average Bonchev–Trinajstić information content (AvgIpc) is 3.35. The quantitative estimate of drug-likeness (QED) is 0.275. The van der Waals surface area contributed by atoms with E-state index in [1.807, 2.05) is 55.5 Å². The lowest BCUT2D eigenvalue weighted by atomic mass is 9.96. The molecule has 4 aromatic rings. The van der Waals surface area contributed by atoms with Gasteiger partial charge in [0.15, 0.2) is 5.13 Å². The number of halogens is 2. The average molecular weight is 572 g/mol. The molecule has 0 unspecified atom stereocenters. The molecular formula is C28H27F2N3O4S2. The maximum absolute atomic E-state index is 14.2. The zero-order valence-corrected chi connectivity index (χ0v) is 22.9. The Morgan fingerprint density at radius 3 is 2.51 bits per heavy atom. The molecule has 1 aromatic heterocycles. The van der Waals surface area contributed by atoms with Gasteiger partial charge in [0.05, 0.1) is 23.4 Å². The van der Waals surface area contributed by atoms with Gasteiger partial charge in [-0.05, 0) is 55.7 Å². The Balaban J connectivity index is 1.37. The van der Waals surface area contributed by atoms with Gasteiger partial charge in [-0.25, -0.2) is 22.2 Å². The number of carbonyl (C=O) groups is 1. The first kappa shape index (κ1) is 27.2. The number of hydrogen-bond donors (Lipinski definition) is 0. The summed E-state index contributed by atoms with van der Waals surface area (Å²) >= 11 is 1.40. The summed E-state index contributed by atoms with van der Waals surface area (Å²) < 4.78 is 61.2. The van der Waals surface area contributed by atoms with Crippen LogP contribution in [-0.4, -0.2) is 43.3 Å². The molecule has 0 spiro atoms. The molecule has 1 aliphatic heterocycles. The van der Waals surface area contributed by atoms with E-state index >= 15 is 0 Å². The molecule has 0 N–H and O–H groups in total. The molecule has 2 heterocycles. The van der Waals surface area contributed by atoms with Gasteiger partial charge in [0.1, 0.15) is 22.3 Å². The third kappa shape index (κ3) is 5.80. The van der Waals surface area contributed by atoms with Crippen LogP contribution >= 0.6 is 11.3 Å². The van der Waals surface area contributed by atoms with Gasteiger partial charge in [0, 0.05) is 25.1 Å². The van der Waals surface area contributed by atoms with Crippen LogP contribution in [0.25, 0.3) is 10.2 Å². The highest BCUT2D eigenvalue weighted by Crippen LogP contribution is 2.35. The molecule has 5 rings (SSSR count). The van der Waals surface area contributed by atoms with E-state index < -0.39 is 32.5 Å². The molecule has 0 bridgehead atoms. The van der Waals surface area contributed by atoms with Crippen molar-refractivity contribution < 1.29 is 26.7 Å². The van der Waals surface area contributed by atoms with Crippen molar-refractivity contribution in [3.05, 3.63) is 83.9 Å². The number of amides is 1. The fraction of sp³-hybridized carbons (Fsp3) is 0.286. The molecule has 0 radical (unpaired) electrons. The largest absolute Gasteiger partial charge is 0.494 e. The van der Waals surface area contributed by atoms with E-state index in [1.54, 1.807) is 4.90 Å². The molecule has 0 aliphatic carbocycles. The third-order valence-electron chi connectivity index (χ3n) is 6.65.